The van der Waals surface area contributed by atoms with Crippen molar-refractivity contribution in [1.29, 1.82) is 0 Å². The Balaban J connectivity index is 0.857. The van der Waals surface area contributed by atoms with Gasteiger partial charge >= 0.3 is 0 Å². The minimum Gasteiger partial charge on any atom is -0.458 e. The van der Waals surface area contributed by atoms with Gasteiger partial charge in [0.05, 0.1) is 55.5 Å². The van der Waals surface area contributed by atoms with Crippen molar-refractivity contribution in [2.24, 2.45) is 0 Å². The molecule has 10 aromatic carbocycles. The highest BCUT2D eigenvalue weighted by atomic mass is 16.5. The summed E-state index contributed by atoms with van der Waals surface area (Å²) in [4.78, 5) is 5.05. The zero-order valence-corrected chi connectivity index (χ0v) is 42.8. The molecule has 0 aliphatic rings. The molecule has 0 bridgehead atoms. The van der Waals surface area contributed by atoms with Crippen molar-refractivity contribution in [2.75, 3.05) is 0 Å². The van der Waals surface area contributed by atoms with E-state index < -0.39 is 0 Å². The lowest BCUT2D eigenvalue weighted by atomic mass is 9.88. The summed E-state index contributed by atoms with van der Waals surface area (Å²) in [5.74, 6) is 2.30. The third kappa shape index (κ3) is 7.11. The zero-order valence-electron chi connectivity index (χ0n) is 42.8. The van der Waals surface area contributed by atoms with Crippen molar-refractivity contribution in [3.63, 3.8) is 0 Å². The van der Waals surface area contributed by atoms with Crippen molar-refractivity contribution < 1.29 is 9.30 Å². The molecule has 7 nitrogen and oxygen atoms in total. The predicted molar refractivity (Wildman–Crippen MR) is 315 cm³/mol. The maximum atomic E-state index is 6.92. The number of ether oxygens (including phenoxy) is 1. The summed E-state index contributed by atoms with van der Waals surface area (Å²) in [7, 11) is 0. The molecule has 5 aromatic heterocycles. The standard InChI is InChI=1S/C70H50N6O/c1-70(2,3)47-39-40-71-67(42-47)76-61-38-35-46(53-27-17-33-64-68(53)57-26-11-13-30-60(57)74(64)48-19-6-4-7-20-48)41-58(61)55-37-36-52(44-66(55)76)77-51-24-16-23-50(43-51)72-45-73(63-32-15-14-31-62(63)72)65-34-18-28-56-54-25-10-12-29-59(54)75(69(56)65)49-21-8-5-9-22-49/h4-44H,1-3H3. The molecule has 0 amide bonds. The number of hydrogen-bond acceptors (Lipinski definition) is 2. The van der Waals surface area contributed by atoms with Crippen LogP contribution in [0.15, 0.2) is 249 Å². The Morgan fingerprint density at radius 2 is 1.05 bits per heavy atom. The molecule has 0 fully saturated rings. The summed E-state index contributed by atoms with van der Waals surface area (Å²) in [6, 6.07) is 86.5. The normalized spacial score (nSPS) is 12.1. The summed E-state index contributed by atoms with van der Waals surface area (Å²) in [5.41, 5.74) is 16.5. The molecule has 77 heavy (non-hydrogen) atoms. The second-order valence-electron chi connectivity index (χ2n) is 21.0. The fraction of sp³-hybridized carbons (Fsp3) is 0.0571. The van der Waals surface area contributed by atoms with E-state index in [1.807, 2.05) is 12.3 Å². The highest BCUT2D eigenvalue weighted by Crippen LogP contribution is 2.43. The molecule has 5 heterocycles. The molecule has 0 unspecified atom stereocenters. The first-order valence-electron chi connectivity index (χ1n) is 26.3. The van der Waals surface area contributed by atoms with Gasteiger partial charge in [-0.3, -0.25) is 13.7 Å². The lowest BCUT2D eigenvalue weighted by Crippen LogP contribution is -2.30. The number of nitrogens with zero attached hydrogens (tertiary/aromatic N) is 6. The molecule has 0 saturated heterocycles. The summed E-state index contributed by atoms with van der Waals surface area (Å²) in [5, 5.41) is 7.10. The number of fused-ring (bicyclic) bond motifs is 10. The van der Waals surface area contributed by atoms with Gasteiger partial charge in [0, 0.05) is 56.0 Å². The lowest BCUT2D eigenvalue weighted by molar-refractivity contribution is -0.571. The minimum absolute atomic E-state index is 0.0717. The quantitative estimate of drug-likeness (QED) is 0.112. The Kier molecular flexibility index (Phi) is 10.00. The first kappa shape index (κ1) is 44.5. The largest absolute Gasteiger partial charge is 0.458 e. The van der Waals surface area contributed by atoms with Gasteiger partial charge in [-0.1, -0.05) is 154 Å². The van der Waals surface area contributed by atoms with E-state index in [1.54, 1.807) is 0 Å². The second kappa shape index (κ2) is 17.3. The van der Waals surface area contributed by atoms with Gasteiger partial charge in [0.25, 0.3) is 6.33 Å². The number of aromatic nitrogens is 6. The van der Waals surface area contributed by atoms with Gasteiger partial charge in [-0.15, -0.1) is 0 Å². The maximum absolute atomic E-state index is 6.92. The molecule has 0 radical (unpaired) electrons. The first-order valence-corrected chi connectivity index (χ1v) is 26.3. The van der Waals surface area contributed by atoms with Crippen LogP contribution in [0.5, 0.6) is 11.5 Å². The van der Waals surface area contributed by atoms with E-state index in [4.69, 9.17) is 9.72 Å². The number of hydrogen-bond donors (Lipinski definition) is 0. The molecule has 0 aliphatic heterocycles. The summed E-state index contributed by atoms with van der Waals surface area (Å²) < 4.78 is 18.3. The maximum Gasteiger partial charge on any atom is 0.269 e. The Bertz CT molecular complexity index is 4820. The number of rotatable bonds is 8. The molecule has 15 rings (SSSR count). The van der Waals surface area contributed by atoms with Crippen molar-refractivity contribution in [2.45, 2.75) is 26.2 Å². The Morgan fingerprint density at radius 3 is 1.86 bits per heavy atom. The molecule has 366 valence electrons. The average Bonchev–Trinajstić information content (AvgIpc) is 4.39. The van der Waals surface area contributed by atoms with Crippen LogP contribution in [0.3, 0.4) is 0 Å². The van der Waals surface area contributed by atoms with Gasteiger partial charge in [0.2, 0.25) is 0 Å². The molecule has 0 spiro atoms. The van der Waals surface area contributed by atoms with Crippen molar-refractivity contribution in [3.8, 4) is 51.2 Å². The van der Waals surface area contributed by atoms with Gasteiger partial charge in [-0.2, -0.15) is 0 Å². The number of pyridine rings is 1. The van der Waals surface area contributed by atoms with Crippen LogP contribution in [-0.4, -0.2) is 23.3 Å². The first-order chi connectivity index (χ1) is 37.8. The van der Waals surface area contributed by atoms with Crippen molar-refractivity contribution >= 4 is 76.5 Å². The fourth-order valence-electron chi connectivity index (χ4n) is 11.9. The second-order valence-corrected chi connectivity index (χ2v) is 21.0. The van der Waals surface area contributed by atoms with Crippen LogP contribution < -0.4 is 9.30 Å². The van der Waals surface area contributed by atoms with E-state index in [-0.39, 0.29) is 5.41 Å². The summed E-state index contributed by atoms with van der Waals surface area (Å²) in [6.45, 7) is 6.75. The smallest absolute Gasteiger partial charge is 0.269 e. The van der Waals surface area contributed by atoms with Crippen LogP contribution in [0.25, 0.3) is 116 Å². The van der Waals surface area contributed by atoms with Crippen molar-refractivity contribution in [3.05, 3.63) is 261 Å². The van der Waals surface area contributed by atoms with Gasteiger partial charge in [0.1, 0.15) is 17.3 Å². The topological polar surface area (TPSA) is 45.7 Å². The predicted octanol–water partition coefficient (Wildman–Crippen LogP) is 17.2. The van der Waals surface area contributed by atoms with Crippen LogP contribution in [0, 0.1) is 6.33 Å². The highest BCUT2D eigenvalue weighted by molar-refractivity contribution is 6.17. The highest BCUT2D eigenvalue weighted by Gasteiger charge is 2.23. The number of benzene rings is 10. The van der Waals surface area contributed by atoms with Crippen LogP contribution in [-0.2, 0) is 5.41 Å². The van der Waals surface area contributed by atoms with Gasteiger partial charge in [0.15, 0.2) is 0 Å². The Labute approximate surface area is 445 Å². The molecule has 0 atom stereocenters. The minimum atomic E-state index is -0.0717. The Hall–Kier alpha value is -9.98. The van der Waals surface area contributed by atoms with Gasteiger partial charge in [-0.05, 0) is 125 Å². The van der Waals surface area contributed by atoms with E-state index in [1.165, 1.54) is 43.7 Å². The fourth-order valence-corrected chi connectivity index (χ4v) is 11.9. The van der Waals surface area contributed by atoms with Crippen LogP contribution in [0.4, 0.5) is 0 Å². The third-order valence-corrected chi connectivity index (χ3v) is 15.4. The molecule has 7 heteroatoms. The van der Waals surface area contributed by atoms with Crippen molar-refractivity contribution in [1.82, 2.24) is 23.3 Å². The molecule has 0 aliphatic carbocycles. The molecular formula is C70H50N6O. The lowest BCUT2D eigenvalue weighted by Gasteiger charge is -2.20. The third-order valence-electron chi connectivity index (χ3n) is 15.4. The number of imidazole rings is 1. The van der Waals surface area contributed by atoms with Crippen LogP contribution >= 0.6 is 0 Å². The molecule has 0 saturated carbocycles. The van der Waals surface area contributed by atoms with E-state index in [9.17, 15) is 0 Å². The summed E-state index contributed by atoms with van der Waals surface area (Å²) >= 11 is 0. The van der Waals surface area contributed by atoms with E-state index in [0.29, 0.717) is 5.75 Å². The zero-order chi connectivity index (χ0) is 51.4. The van der Waals surface area contributed by atoms with E-state index >= 15 is 0 Å². The average molecular weight is 991 g/mol. The van der Waals surface area contributed by atoms with E-state index in [2.05, 4.69) is 287 Å². The molecule has 15 aromatic rings. The Morgan fingerprint density at radius 1 is 0.429 bits per heavy atom. The monoisotopic (exact) mass is 990 g/mol. The SMILES string of the molecule is CC(C)(C)c1ccnc(-n2c3ccc(-c4cccc5c4c4ccccc4n5-c4ccccc4)cc3c3ccc(Oc4cccc(-n5[c-][n+](-c6cccc7c8ccccc8n(-c8ccccc8)c67)c6ccccc65)c4)cc32)c1. The van der Waals surface area contributed by atoms with Crippen LogP contribution in [0.1, 0.15) is 26.3 Å². The summed E-state index contributed by atoms with van der Waals surface area (Å²) in [6.07, 6.45) is 5.74. The van der Waals surface area contributed by atoms with Gasteiger partial charge < -0.3 is 13.9 Å². The molecular weight excluding hydrogens is 941 g/mol. The van der Waals surface area contributed by atoms with Gasteiger partial charge in [-0.25, -0.2) is 4.98 Å². The molecule has 0 N–H and O–H groups in total. The number of para-hydroxylation sites is 7. The van der Waals surface area contributed by atoms with Crippen LogP contribution in [0.2, 0.25) is 0 Å². The van der Waals surface area contributed by atoms with E-state index in [0.717, 1.165) is 83.8 Å².